The van der Waals surface area contributed by atoms with Crippen molar-refractivity contribution >= 4 is 38.9 Å². The molecule has 0 fully saturated rings. The summed E-state index contributed by atoms with van der Waals surface area (Å²) in [5.41, 5.74) is 1.51. The third-order valence-corrected chi connectivity index (χ3v) is 5.38. The first-order valence-corrected chi connectivity index (χ1v) is 9.62. The highest BCUT2D eigenvalue weighted by molar-refractivity contribution is 9.10. The summed E-state index contributed by atoms with van der Waals surface area (Å²) in [6.45, 7) is 7.71. The van der Waals surface area contributed by atoms with E-state index >= 15 is 0 Å². The topological polar surface area (TPSA) is 78.7 Å². The Bertz CT molecular complexity index is 714. The third kappa shape index (κ3) is 4.72. The summed E-state index contributed by atoms with van der Waals surface area (Å²) < 4.78 is 22.9. The molecule has 0 saturated carbocycles. The molecule has 24 heavy (non-hydrogen) atoms. The molecule has 0 aliphatic rings. The van der Waals surface area contributed by atoms with E-state index in [1.807, 2.05) is 43.6 Å². The number of esters is 1. The molecule has 0 aromatic carbocycles. The Morgan fingerprint density at radius 2 is 2.25 bits per heavy atom. The molecule has 0 aliphatic carbocycles. The maximum absolute atomic E-state index is 12.6. The zero-order valence-electron chi connectivity index (χ0n) is 14.2. The van der Waals surface area contributed by atoms with E-state index in [-0.39, 0.29) is 12.4 Å². The van der Waals surface area contributed by atoms with Crippen LogP contribution in [0.1, 0.15) is 45.7 Å². The van der Waals surface area contributed by atoms with Crippen molar-refractivity contribution in [3.63, 3.8) is 0 Å². The van der Waals surface area contributed by atoms with Crippen LogP contribution < -0.4 is 4.72 Å². The first-order chi connectivity index (χ1) is 11.2. The lowest BCUT2D eigenvalue weighted by molar-refractivity contribution is -0.143. The average molecular weight is 416 g/mol. The Balaban J connectivity index is 2.39. The van der Waals surface area contributed by atoms with Crippen LogP contribution in [-0.2, 0) is 20.9 Å². The normalized spacial score (nSPS) is 14.6. The van der Waals surface area contributed by atoms with Crippen molar-refractivity contribution in [2.24, 2.45) is 0 Å². The first kappa shape index (κ1) is 19.2. The molecule has 0 spiro atoms. The van der Waals surface area contributed by atoms with Crippen LogP contribution in [0.5, 0.6) is 0 Å². The number of carbonyl (C=O) groups is 1. The smallest absolute Gasteiger partial charge is 0.307 e. The zero-order valence-corrected chi connectivity index (χ0v) is 16.6. The standard InChI is InChI=1S/C16H22BrN3O3S/c1-5-23-14(21)9-13(19-24(22)16(2,3)4)12-8-11(17)10-20-7-6-18-15(12)20/h6-8,10,13,19H,5,9H2,1-4H3/t13?,24-/m1/s1. The van der Waals surface area contributed by atoms with Gasteiger partial charge in [0, 0.05) is 40.0 Å². The quantitative estimate of drug-likeness (QED) is 0.578. The van der Waals surface area contributed by atoms with E-state index in [0.29, 0.717) is 12.3 Å². The Morgan fingerprint density at radius 3 is 2.88 bits per heavy atom. The van der Waals surface area contributed by atoms with Gasteiger partial charge in [-0.05, 0) is 49.7 Å². The lowest BCUT2D eigenvalue weighted by Gasteiger charge is -2.28. The van der Waals surface area contributed by atoms with Gasteiger partial charge in [0.05, 0.1) is 19.1 Å². The van der Waals surface area contributed by atoms with Crippen molar-refractivity contribution < 1.29 is 14.1 Å². The molecular formula is C16H22BrN3O3S. The van der Waals surface area contributed by atoms with Gasteiger partial charge in [0.2, 0.25) is 0 Å². The van der Waals surface area contributed by atoms with Crippen molar-refractivity contribution in [1.82, 2.24) is 14.1 Å². The Kier molecular flexibility index (Phi) is 6.30. The van der Waals surface area contributed by atoms with Crippen LogP contribution in [0.4, 0.5) is 0 Å². The maximum Gasteiger partial charge on any atom is 0.307 e. The molecule has 132 valence electrons. The van der Waals surface area contributed by atoms with Gasteiger partial charge in [-0.1, -0.05) is 0 Å². The van der Waals surface area contributed by atoms with E-state index in [0.717, 1.165) is 10.0 Å². The molecule has 2 aromatic rings. The minimum Gasteiger partial charge on any atom is -0.598 e. The van der Waals surface area contributed by atoms with E-state index < -0.39 is 22.2 Å². The lowest BCUT2D eigenvalue weighted by atomic mass is 10.1. The molecular weight excluding hydrogens is 394 g/mol. The second-order valence-corrected chi connectivity index (χ2v) is 9.25. The number of fused-ring (bicyclic) bond motifs is 1. The van der Waals surface area contributed by atoms with E-state index in [1.54, 1.807) is 13.1 Å². The Hall–Kier alpha value is -1.09. The summed E-state index contributed by atoms with van der Waals surface area (Å²) in [6.07, 6.45) is 5.47. The summed E-state index contributed by atoms with van der Waals surface area (Å²) in [5, 5.41) is 0. The number of rotatable bonds is 6. The van der Waals surface area contributed by atoms with Gasteiger partial charge in [-0.25, -0.2) is 4.98 Å². The predicted molar refractivity (Wildman–Crippen MR) is 97.9 cm³/mol. The molecule has 0 bridgehead atoms. The fourth-order valence-electron chi connectivity index (χ4n) is 2.19. The fraction of sp³-hybridized carbons (Fsp3) is 0.500. The summed E-state index contributed by atoms with van der Waals surface area (Å²) >= 11 is 2.13. The number of carbonyl (C=O) groups excluding carboxylic acids is 1. The third-order valence-electron chi connectivity index (χ3n) is 3.34. The van der Waals surface area contributed by atoms with Crippen LogP contribution in [0.25, 0.3) is 5.65 Å². The van der Waals surface area contributed by atoms with Crippen molar-refractivity contribution in [1.29, 1.82) is 0 Å². The van der Waals surface area contributed by atoms with Gasteiger partial charge >= 0.3 is 5.97 Å². The highest BCUT2D eigenvalue weighted by Gasteiger charge is 2.32. The minimum atomic E-state index is -1.34. The van der Waals surface area contributed by atoms with Crippen LogP contribution in [0.2, 0.25) is 0 Å². The molecule has 8 heteroatoms. The number of hydrogen-bond acceptors (Lipinski definition) is 5. The molecule has 1 unspecified atom stereocenters. The van der Waals surface area contributed by atoms with E-state index in [1.165, 1.54) is 0 Å². The summed E-state index contributed by atoms with van der Waals surface area (Å²) in [4.78, 5) is 16.4. The zero-order chi connectivity index (χ0) is 17.9. The second kappa shape index (κ2) is 7.86. The van der Waals surface area contributed by atoms with E-state index in [4.69, 9.17) is 4.74 Å². The van der Waals surface area contributed by atoms with Gasteiger partial charge in [-0.15, -0.1) is 4.72 Å². The molecule has 2 heterocycles. The molecule has 0 amide bonds. The number of hydrogen-bond donors (Lipinski definition) is 1. The van der Waals surface area contributed by atoms with Gasteiger partial charge in [0.25, 0.3) is 0 Å². The maximum atomic E-state index is 12.6. The molecule has 2 atom stereocenters. The number of halogens is 1. The van der Waals surface area contributed by atoms with Crippen LogP contribution in [0.3, 0.4) is 0 Å². The largest absolute Gasteiger partial charge is 0.598 e. The number of nitrogens with zero attached hydrogens (tertiary/aromatic N) is 2. The molecule has 0 aliphatic heterocycles. The van der Waals surface area contributed by atoms with Gasteiger partial charge in [-0.2, -0.15) is 0 Å². The monoisotopic (exact) mass is 415 g/mol. The lowest BCUT2D eigenvalue weighted by Crippen LogP contribution is -2.42. The van der Waals surface area contributed by atoms with E-state index in [2.05, 4.69) is 25.6 Å². The summed E-state index contributed by atoms with van der Waals surface area (Å²) in [5.74, 6) is -0.342. The van der Waals surface area contributed by atoms with Crippen LogP contribution in [0, 0.1) is 0 Å². The number of aromatic nitrogens is 2. The fourth-order valence-corrected chi connectivity index (χ4v) is 3.48. The average Bonchev–Trinajstić information content (AvgIpc) is 2.92. The number of pyridine rings is 1. The van der Waals surface area contributed by atoms with Crippen molar-refractivity contribution in [2.75, 3.05) is 6.61 Å². The Labute approximate surface area is 153 Å². The van der Waals surface area contributed by atoms with Crippen LogP contribution in [0.15, 0.2) is 29.1 Å². The summed E-state index contributed by atoms with van der Waals surface area (Å²) in [6, 6.07) is 1.42. The number of nitrogens with one attached hydrogen (secondary N) is 1. The second-order valence-electron chi connectivity index (χ2n) is 6.33. The van der Waals surface area contributed by atoms with Crippen LogP contribution in [-0.4, -0.2) is 31.3 Å². The van der Waals surface area contributed by atoms with Gasteiger partial charge in [0.1, 0.15) is 10.4 Å². The minimum absolute atomic E-state index is 0.0780. The summed E-state index contributed by atoms with van der Waals surface area (Å²) in [7, 11) is 0. The highest BCUT2D eigenvalue weighted by atomic mass is 79.9. The molecule has 2 rings (SSSR count). The molecule has 0 radical (unpaired) electrons. The number of ether oxygens (including phenoxy) is 1. The van der Waals surface area contributed by atoms with E-state index in [9.17, 15) is 9.35 Å². The predicted octanol–water partition coefficient (Wildman–Crippen LogP) is 3.14. The van der Waals surface area contributed by atoms with Crippen molar-refractivity contribution in [2.45, 2.75) is 44.9 Å². The molecule has 6 nitrogen and oxygen atoms in total. The highest BCUT2D eigenvalue weighted by Crippen LogP contribution is 2.28. The first-order valence-electron chi connectivity index (χ1n) is 7.68. The van der Waals surface area contributed by atoms with Gasteiger partial charge in [-0.3, -0.25) is 4.79 Å². The SMILES string of the molecule is CCOC(=O)CC(N[S@+]([O-])C(C)(C)C)c1cc(Br)cn2ccnc12. The molecule has 2 aromatic heterocycles. The van der Waals surface area contributed by atoms with Gasteiger partial charge < -0.3 is 13.7 Å². The van der Waals surface area contributed by atoms with Gasteiger partial charge in [0.15, 0.2) is 0 Å². The molecule has 0 saturated heterocycles. The molecule has 1 N–H and O–H groups in total. The van der Waals surface area contributed by atoms with Crippen molar-refractivity contribution in [3.05, 3.63) is 34.7 Å². The number of imidazole rings is 1. The van der Waals surface area contributed by atoms with Crippen LogP contribution >= 0.6 is 15.9 Å². The Morgan fingerprint density at radius 1 is 1.54 bits per heavy atom. The van der Waals surface area contributed by atoms with Crippen molar-refractivity contribution in [3.8, 4) is 0 Å².